The molecule has 0 radical (unpaired) electrons. The maximum absolute atomic E-state index is 12.8. The monoisotopic (exact) mass is 347 g/mol. The summed E-state index contributed by atoms with van der Waals surface area (Å²) in [5.74, 6) is -1.29. The normalized spacial score (nSPS) is 12.4. The quantitative estimate of drug-likeness (QED) is 0.726. The van der Waals surface area contributed by atoms with Crippen LogP contribution >= 0.6 is 22.9 Å². The van der Waals surface area contributed by atoms with Gasteiger partial charge in [-0.3, -0.25) is 9.36 Å². The zero-order valence-corrected chi connectivity index (χ0v) is 13.7. The Balaban J connectivity index is 2.24. The minimum absolute atomic E-state index is 0.246. The van der Waals surface area contributed by atoms with Crippen LogP contribution in [0.2, 0.25) is 5.02 Å². The molecule has 7 heteroatoms. The lowest BCUT2D eigenvalue weighted by molar-refractivity contribution is -0.310. The van der Waals surface area contributed by atoms with Gasteiger partial charge >= 0.3 is 0 Å². The van der Waals surface area contributed by atoms with E-state index in [0.717, 1.165) is 15.7 Å². The van der Waals surface area contributed by atoms with Crippen molar-refractivity contribution in [3.05, 3.63) is 51.3 Å². The molecule has 3 rings (SSSR count). The minimum Gasteiger partial charge on any atom is -0.548 e. The Hall–Kier alpha value is -2.18. The van der Waals surface area contributed by atoms with Crippen molar-refractivity contribution in [3.63, 3.8) is 0 Å². The first-order valence-electron chi connectivity index (χ1n) is 6.98. The van der Waals surface area contributed by atoms with Gasteiger partial charge in [0.1, 0.15) is 4.83 Å². The second kappa shape index (κ2) is 6.14. The van der Waals surface area contributed by atoms with Crippen LogP contribution in [0.25, 0.3) is 21.3 Å². The lowest BCUT2D eigenvalue weighted by Gasteiger charge is -2.18. The number of hydrogen-bond donors (Lipinski definition) is 0. The average molecular weight is 348 g/mol. The van der Waals surface area contributed by atoms with Gasteiger partial charge in [0.05, 0.1) is 23.7 Å². The van der Waals surface area contributed by atoms with Crippen molar-refractivity contribution in [3.8, 4) is 11.1 Å². The number of rotatable bonds is 4. The van der Waals surface area contributed by atoms with Crippen LogP contribution in [0, 0.1) is 0 Å². The van der Waals surface area contributed by atoms with Crippen molar-refractivity contribution in [1.82, 2.24) is 9.55 Å². The molecular weight excluding hydrogens is 336 g/mol. The maximum atomic E-state index is 12.8. The van der Waals surface area contributed by atoms with Crippen LogP contribution in [-0.2, 0) is 4.79 Å². The summed E-state index contributed by atoms with van der Waals surface area (Å²) in [4.78, 5) is 28.8. The third kappa shape index (κ3) is 2.75. The zero-order valence-electron chi connectivity index (χ0n) is 12.2. The van der Waals surface area contributed by atoms with Crippen molar-refractivity contribution in [1.29, 1.82) is 0 Å². The van der Waals surface area contributed by atoms with E-state index in [1.54, 1.807) is 19.1 Å². The molecular formula is C16H12ClN2O3S-. The molecule has 0 aliphatic heterocycles. The van der Waals surface area contributed by atoms with Crippen LogP contribution in [0.1, 0.15) is 19.4 Å². The van der Waals surface area contributed by atoms with Gasteiger partial charge in [-0.2, -0.15) is 0 Å². The SMILES string of the molecule is CC[C@H](C(=O)[O-])n1cnc2scc(-c3ccc(Cl)cc3)c2c1=O. The molecule has 118 valence electrons. The Bertz CT molecular complexity index is 931. The molecule has 1 aromatic carbocycles. The predicted molar refractivity (Wildman–Crippen MR) is 88.7 cm³/mol. The van der Waals surface area contributed by atoms with Crippen molar-refractivity contribution in [2.45, 2.75) is 19.4 Å². The van der Waals surface area contributed by atoms with Crippen LogP contribution < -0.4 is 10.7 Å². The molecule has 23 heavy (non-hydrogen) atoms. The summed E-state index contributed by atoms with van der Waals surface area (Å²) >= 11 is 7.24. The van der Waals surface area contributed by atoms with Gasteiger partial charge in [-0.1, -0.05) is 30.7 Å². The number of halogens is 1. The standard InChI is InChI=1S/C16H13ClN2O3S/c1-2-12(16(21)22)19-8-18-14-13(15(19)20)11(7-23-14)9-3-5-10(17)6-4-9/h3-8,12H,2H2,1H3,(H,21,22)/p-1/t12-/m1/s1. The second-order valence-corrected chi connectivity index (χ2v) is 6.33. The van der Waals surface area contributed by atoms with Crippen LogP contribution in [0.4, 0.5) is 0 Å². The Morgan fingerprint density at radius 2 is 2.09 bits per heavy atom. The number of hydrogen-bond acceptors (Lipinski definition) is 5. The van der Waals surface area contributed by atoms with Crippen LogP contribution in [-0.4, -0.2) is 15.5 Å². The highest BCUT2D eigenvalue weighted by Crippen LogP contribution is 2.31. The number of benzene rings is 1. The number of aliphatic carboxylic acids is 1. The minimum atomic E-state index is -1.29. The summed E-state index contributed by atoms with van der Waals surface area (Å²) in [7, 11) is 0. The molecule has 0 unspecified atom stereocenters. The van der Waals surface area contributed by atoms with Gasteiger partial charge in [0, 0.05) is 16.0 Å². The predicted octanol–water partition coefficient (Wildman–Crippen LogP) is 2.48. The molecule has 0 saturated carbocycles. The van der Waals surface area contributed by atoms with E-state index in [0.29, 0.717) is 15.2 Å². The van der Waals surface area contributed by atoms with E-state index in [1.165, 1.54) is 17.7 Å². The molecule has 2 heterocycles. The van der Waals surface area contributed by atoms with Gasteiger partial charge in [0.25, 0.3) is 5.56 Å². The zero-order chi connectivity index (χ0) is 16.6. The molecule has 1 atom stereocenters. The van der Waals surface area contributed by atoms with Crippen LogP contribution in [0.3, 0.4) is 0 Å². The molecule has 0 aliphatic carbocycles. The molecule has 3 aromatic rings. The summed E-state index contributed by atoms with van der Waals surface area (Å²) < 4.78 is 1.13. The smallest absolute Gasteiger partial charge is 0.263 e. The van der Waals surface area contributed by atoms with E-state index in [-0.39, 0.29) is 12.0 Å². The lowest BCUT2D eigenvalue weighted by Crippen LogP contribution is -2.37. The number of carboxylic acids is 1. The average Bonchev–Trinajstić information content (AvgIpc) is 2.95. The second-order valence-electron chi connectivity index (χ2n) is 5.04. The van der Waals surface area contributed by atoms with E-state index in [4.69, 9.17) is 11.6 Å². The van der Waals surface area contributed by atoms with Gasteiger partial charge in [-0.15, -0.1) is 11.3 Å². The van der Waals surface area contributed by atoms with Crippen LogP contribution in [0.5, 0.6) is 0 Å². The maximum Gasteiger partial charge on any atom is 0.263 e. The Morgan fingerprint density at radius 3 is 2.70 bits per heavy atom. The number of carbonyl (C=O) groups is 1. The molecule has 0 aliphatic rings. The fourth-order valence-corrected chi connectivity index (χ4v) is 3.52. The third-order valence-corrected chi connectivity index (χ3v) is 4.81. The van der Waals surface area contributed by atoms with Crippen molar-refractivity contribution in [2.24, 2.45) is 0 Å². The number of nitrogens with zero attached hydrogens (tertiary/aromatic N) is 2. The number of fused-ring (bicyclic) bond motifs is 1. The van der Waals surface area contributed by atoms with Gasteiger partial charge in [0.15, 0.2) is 0 Å². The largest absolute Gasteiger partial charge is 0.548 e. The summed E-state index contributed by atoms with van der Waals surface area (Å²) in [6.45, 7) is 1.69. The Labute approximate surface area is 140 Å². The first kappa shape index (κ1) is 15.7. The van der Waals surface area contributed by atoms with Gasteiger partial charge in [-0.05, 0) is 24.1 Å². The van der Waals surface area contributed by atoms with Gasteiger partial charge in [-0.25, -0.2) is 4.98 Å². The molecule has 0 fully saturated rings. The molecule has 2 aromatic heterocycles. The summed E-state index contributed by atoms with van der Waals surface area (Å²) in [6, 6.07) is 6.08. The number of thiophene rings is 1. The molecule has 0 amide bonds. The third-order valence-electron chi connectivity index (χ3n) is 3.67. The highest BCUT2D eigenvalue weighted by atomic mass is 35.5. The number of carboxylic acid groups (broad SMARTS) is 1. The summed E-state index contributed by atoms with van der Waals surface area (Å²) in [5, 5.41) is 14.1. The summed E-state index contributed by atoms with van der Waals surface area (Å²) in [6.07, 6.45) is 1.52. The van der Waals surface area contributed by atoms with Gasteiger partial charge < -0.3 is 9.90 Å². The van der Waals surface area contributed by atoms with Crippen molar-refractivity contribution < 1.29 is 9.90 Å². The van der Waals surface area contributed by atoms with E-state index in [9.17, 15) is 14.7 Å². The van der Waals surface area contributed by atoms with Gasteiger partial charge in [0.2, 0.25) is 0 Å². The highest BCUT2D eigenvalue weighted by Gasteiger charge is 2.17. The van der Waals surface area contributed by atoms with E-state index in [2.05, 4.69) is 4.98 Å². The molecule has 0 saturated heterocycles. The lowest BCUT2D eigenvalue weighted by atomic mass is 10.1. The first-order chi connectivity index (χ1) is 11.0. The molecule has 0 bridgehead atoms. The fourth-order valence-electron chi connectivity index (χ4n) is 2.49. The number of aromatic nitrogens is 2. The first-order valence-corrected chi connectivity index (χ1v) is 8.23. The van der Waals surface area contributed by atoms with E-state index in [1.807, 2.05) is 17.5 Å². The molecule has 0 spiro atoms. The summed E-state index contributed by atoms with van der Waals surface area (Å²) in [5.41, 5.74) is 1.18. The molecule has 5 nitrogen and oxygen atoms in total. The highest BCUT2D eigenvalue weighted by molar-refractivity contribution is 7.17. The number of carbonyl (C=O) groups excluding carboxylic acids is 1. The van der Waals surface area contributed by atoms with Crippen LogP contribution in [0.15, 0.2) is 40.8 Å². The van der Waals surface area contributed by atoms with E-state index >= 15 is 0 Å². The van der Waals surface area contributed by atoms with Crippen molar-refractivity contribution in [2.75, 3.05) is 0 Å². The van der Waals surface area contributed by atoms with Crippen molar-refractivity contribution >= 4 is 39.1 Å². The molecule has 0 N–H and O–H groups in total. The topological polar surface area (TPSA) is 75.0 Å². The Kier molecular flexibility index (Phi) is 4.19. The Morgan fingerprint density at radius 1 is 1.39 bits per heavy atom. The van der Waals surface area contributed by atoms with E-state index < -0.39 is 12.0 Å². The fraction of sp³-hybridized carbons (Fsp3) is 0.188.